The maximum Gasteiger partial charge on any atom is 0.254 e. The summed E-state index contributed by atoms with van der Waals surface area (Å²) in [6.07, 6.45) is 0.521. The maximum absolute atomic E-state index is 11.9. The Bertz CT molecular complexity index is 589. The molecule has 1 aliphatic heterocycles. The number of Topliss-reactive ketones (excluding diaryl/α,β-unsaturated/α-hetero) is 2. The lowest BCUT2D eigenvalue weighted by atomic mass is 9.91. The highest BCUT2D eigenvalue weighted by Gasteiger charge is 2.29. The number of carbonyl (C=O) groups excluding carboxylic acids is 4. The molecule has 0 spiro atoms. The number of rotatable bonds is 2. The summed E-state index contributed by atoms with van der Waals surface area (Å²) in [7, 11) is 1.52. The second-order valence-electron chi connectivity index (χ2n) is 4.24. The smallest absolute Gasteiger partial charge is 0.254 e. The monoisotopic (exact) mass is 245 g/mol. The van der Waals surface area contributed by atoms with Crippen LogP contribution in [0.5, 0.6) is 0 Å². The Labute approximate surface area is 103 Å². The molecule has 0 N–H and O–H groups in total. The molecule has 0 saturated carbocycles. The van der Waals surface area contributed by atoms with Crippen LogP contribution in [0.25, 0.3) is 0 Å². The zero-order chi connectivity index (χ0) is 13.4. The molecule has 0 radical (unpaired) electrons. The van der Waals surface area contributed by atoms with Gasteiger partial charge < -0.3 is 4.90 Å². The van der Waals surface area contributed by atoms with Crippen LogP contribution >= 0.6 is 0 Å². The van der Waals surface area contributed by atoms with Crippen molar-refractivity contribution in [2.75, 3.05) is 13.6 Å². The Hall–Kier alpha value is -2.30. The van der Waals surface area contributed by atoms with Crippen LogP contribution in [0.4, 0.5) is 0 Å². The number of ketones is 2. The van der Waals surface area contributed by atoms with Gasteiger partial charge in [0.05, 0.1) is 12.1 Å². The van der Waals surface area contributed by atoms with E-state index in [0.29, 0.717) is 6.29 Å². The fourth-order valence-corrected chi connectivity index (χ4v) is 2.00. The number of fused-ring (bicyclic) bond motifs is 1. The van der Waals surface area contributed by atoms with Crippen LogP contribution in [-0.2, 0) is 0 Å². The first-order chi connectivity index (χ1) is 8.45. The van der Waals surface area contributed by atoms with E-state index in [1.165, 1.54) is 31.0 Å². The largest absolute Gasteiger partial charge is 0.334 e. The second-order valence-corrected chi connectivity index (χ2v) is 4.24. The minimum Gasteiger partial charge on any atom is -0.334 e. The van der Waals surface area contributed by atoms with E-state index in [1.54, 1.807) is 0 Å². The van der Waals surface area contributed by atoms with E-state index in [-0.39, 0.29) is 46.3 Å². The summed E-state index contributed by atoms with van der Waals surface area (Å²) in [5.74, 6) is -0.858. The summed E-state index contributed by atoms with van der Waals surface area (Å²) in [5.41, 5.74) is 0.710. The van der Waals surface area contributed by atoms with Crippen LogP contribution in [0.1, 0.15) is 48.4 Å². The van der Waals surface area contributed by atoms with E-state index in [9.17, 15) is 19.2 Å². The lowest BCUT2D eigenvalue weighted by Crippen LogP contribution is -2.38. The zero-order valence-corrected chi connectivity index (χ0v) is 10.0. The summed E-state index contributed by atoms with van der Waals surface area (Å²) in [5, 5.41) is 0. The molecule has 1 heterocycles. The van der Waals surface area contributed by atoms with Crippen LogP contribution in [0.15, 0.2) is 12.1 Å². The van der Waals surface area contributed by atoms with Gasteiger partial charge in [-0.3, -0.25) is 19.2 Å². The summed E-state index contributed by atoms with van der Waals surface area (Å²) in [6.45, 7) is 1.30. The standard InChI is InChI=1S/C13H11NO4/c1-7(16)9-4-11-10(3-8(9)6-15)12(17)5-14(2)13(11)18/h3-4,6H,5H2,1-2H3. The van der Waals surface area contributed by atoms with Gasteiger partial charge in [-0.15, -0.1) is 0 Å². The van der Waals surface area contributed by atoms with E-state index in [4.69, 9.17) is 0 Å². The quantitative estimate of drug-likeness (QED) is 0.575. The van der Waals surface area contributed by atoms with Gasteiger partial charge in [-0.05, 0) is 19.1 Å². The van der Waals surface area contributed by atoms with Crippen molar-refractivity contribution in [2.24, 2.45) is 0 Å². The Morgan fingerprint density at radius 1 is 1.28 bits per heavy atom. The number of hydrogen-bond acceptors (Lipinski definition) is 4. The van der Waals surface area contributed by atoms with Gasteiger partial charge in [0.15, 0.2) is 17.9 Å². The average molecular weight is 245 g/mol. The van der Waals surface area contributed by atoms with Crippen LogP contribution in [0.2, 0.25) is 0 Å². The summed E-state index contributed by atoms with van der Waals surface area (Å²) < 4.78 is 0. The number of amides is 1. The average Bonchev–Trinajstić information content (AvgIpc) is 2.34. The van der Waals surface area contributed by atoms with Crippen LogP contribution < -0.4 is 0 Å². The lowest BCUT2D eigenvalue weighted by molar-refractivity contribution is 0.0719. The van der Waals surface area contributed by atoms with Crippen molar-refractivity contribution in [3.63, 3.8) is 0 Å². The molecule has 1 amide bonds. The third kappa shape index (κ3) is 1.73. The Kier molecular flexibility index (Phi) is 2.82. The van der Waals surface area contributed by atoms with Crippen molar-refractivity contribution in [1.29, 1.82) is 0 Å². The molecule has 5 nitrogen and oxygen atoms in total. The number of carbonyl (C=O) groups is 4. The van der Waals surface area contributed by atoms with Crippen molar-refractivity contribution in [2.45, 2.75) is 6.92 Å². The zero-order valence-electron chi connectivity index (χ0n) is 10.0. The van der Waals surface area contributed by atoms with Crippen molar-refractivity contribution in [3.8, 4) is 0 Å². The number of aldehydes is 1. The SMILES string of the molecule is CC(=O)c1cc2c(cc1C=O)C(=O)CN(C)C2=O. The van der Waals surface area contributed by atoms with E-state index in [0.717, 1.165) is 0 Å². The molecule has 0 atom stereocenters. The van der Waals surface area contributed by atoms with E-state index < -0.39 is 0 Å². The molecule has 0 fully saturated rings. The van der Waals surface area contributed by atoms with Gasteiger partial charge in [0, 0.05) is 23.7 Å². The molecule has 92 valence electrons. The highest BCUT2D eigenvalue weighted by Crippen LogP contribution is 2.22. The molecule has 5 heteroatoms. The molecule has 0 aromatic heterocycles. The van der Waals surface area contributed by atoms with E-state index in [2.05, 4.69) is 0 Å². The summed E-state index contributed by atoms with van der Waals surface area (Å²) >= 11 is 0. The van der Waals surface area contributed by atoms with Gasteiger partial charge in [-0.1, -0.05) is 0 Å². The van der Waals surface area contributed by atoms with Gasteiger partial charge in [-0.2, -0.15) is 0 Å². The Balaban J connectivity index is 2.73. The van der Waals surface area contributed by atoms with Crippen molar-refractivity contribution in [3.05, 3.63) is 34.4 Å². The molecule has 2 rings (SSSR count). The van der Waals surface area contributed by atoms with Crippen LogP contribution in [0.3, 0.4) is 0 Å². The number of likely N-dealkylation sites (N-methyl/N-ethyl adjacent to an activating group) is 1. The number of benzene rings is 1. The fraction of sp³-hybridized carbons (Fsp3) is 0.231. The van der Waals surface area contributed by atoms with Gasteiger partial charge in [0.2, 0.25) is 0 Å². The molecular weight excluding hydrogens is 234 g/mol. The topological polar surface area (TPSA) is 71.5 Å². The summed E-state index contributed by atoms with van der Waals surface area (Å²) in [6, 6.07) is 2.66. The molecule has 0 aliphatic carbocycles. The first-order valence-corrected chi connectivity index (χ1v) is 5.38. The minimum atomic E-state index is -0.315. The molecule has 0 bridgehead atoms. The van der Waals surface area contributed by atoms with Gasteiger partial charge in [0.1, 0.15) is 0 Å². The number of hydrogen-bond donors (Lipinski definition) is 0. The Morgan fingerprint density at radius 2 is 1.94 bits per heavy atom. The first kappa shape index (κ1) is 12.2. The normalized spacial score (nSPS) is 14.4. The van der Waals surface area contributed by atoms with Gasteiger partial charge in [-0.25, -0.2) is 0 Å². The van der Waals surface area contributed by atoms with Crippen LogP contribution in [0, 0.1) is 0 Å². The predicted octanol–water partition coefficient (Wildman–Crippen LogP) is 0.970. The summed E-state index contributed by atoms with van der Waals surface area (Å²) in [4.78, 5) is 47.3. The molecule has 0 saturated heterocycles. The molecule has 18 heavy (non-hydrogen) atoms. The van der Waals surface area contributed by atoms with Crippen molar-refractivity contribution >= 4 is 23.8 Å². The maximum atomic E-state index is 11.9. The fourth-order valence-electron chi connectivity index (χ4n) is 2.00. The van der Waals surface area contributed by atoms with Crippen molar-refractivity contribution < 1.29 is 19.2 Å². The number of nitrogens with zero attached hydrogens (tertiary/aromatic N) is 1. The highest BCUT2D eigenvalue weighted by atomic mass is 16.2. The van der Waals surface area contributed by atoms with Gasteiger partial charge in [0.25, 0.3) is 5.91 Å². The third-order valence-electron chi connectivity index (χ3n) is 2.95. The van der Waals surface area contributed by atoms with Crippen LogP contribution in [-0.4, -0.2) is 42.3 Å². The molecule has 1 aromatic rings. The molecular formula is C13H11NO4. The second kappa shape index (κ2) is 4.18. The van der Waals surface area contributed by atoms with E-state index >= 15 is 0 Å². The molecule has 1 aromatic carbocycles. The predicted molar refractivity (Wildman–Crippen MR) is 63.1 cm³/mol. The molecule has 0 unspecified atom stereocenters. The van der Waals surface area contributed by atoms with Crippen molar-refractivity contribution in [1.82, 2.24) is 4.90 Å². The lowest BCUT2D eigenvalue weighted by Gasteiger charge is -2.24. The highest BCUT2D eigenvalue weighted by molar-refractivity contribution is 6.16. The van der Waals surface area contributed by atoms with Gasteiger partial charge >= 0.3 is 0 Å². The Morgan fingerprint density at radius 3 is 2.50 bits per heavy atom. The first-order valence-electron chi connectivity index (χ1n) is 5.38. The van der Waals surface area contributed by atoms with E-state index in [1.807, 2.05) is 0 Å². The minimum absolute atomic E-state index is 0.0104. The third-order valence-corrected chi connectivity index (χ3v) is 2.95. The molecule has 1 aliphatic rings.